The Hall–Kier alpha value is -2.35. The number of likely N-dealkylation sites (tertiary alicyclic amines) is 1. The Morgan fingerprint density at radius 3 is 2.61 bits per heavy atom. The van der Waals surface area contributed by atoms with Gasteiger partial charge in [0.05, 0.1) is 12.1 Å². The maximum Gasteiger partial charge on any atom is 0.322 e. The summed E-state index contributed by atoms with van der Waals surface area (Å²) in [4.78, 5) is 37.4. The maximum atomic E-state index is 13.8. The summed E-state index contributed by atoms with van der Waals surface area (Å²) in [5.41, 5.74) is -0.153. The smallest absolute Gasteiger partial charge is 0.322 e. The van der Waals surface area contributed by atoms with Crippen molar-refractivity contribution in [2.75, 3.05) is 20.2 Å². The van der Waals surface area contributed by atoms with Gasteiger partial charge in [-0.05, 0) is 49.8 Å². The van der Waals surface area contributed by atoms with Gasteiger partial charge in [-0.1, -0.05) is 11.6 Å². The molecule has 2 saturated heterocycles. The fourth-order valence-corrected chi connectivity index (χ4v) is 3.92. The molecule has 1 atom stereocenters. The number of nitrogens with one attached hydrogen (secondary N) is 2. The number of hydrogen-bond acceptors (Lipinski definition) is 4. The molecule has 2 heterocycles. The lowest BCUT2D eigenvalue weighted by Crippen LogP contribution is -2.45. The van der Waals surface area contributed by atoms with E-state index in [1.54, 1.807) is 24.0 Å². The van der Waals surface area contributed by atoms with Crippen LogP contribution in [0.1, 0.15) is 44.1 Å². The predicted octanol–water partition coefficient (Wildman–Crippen LogP) is 2.57. The predicted molar refractivity (Wildman–Crippen MR) is 101 cm³/mol. The Morgan fingerprint density at radius 1 is 1.36 bits per heavy atom. The average molecular weight is 412 g/mol. The zero-order chi connectivity index (χ0) is 20.5. The summed E-state index contributed by atoms with van der Waals surface area (Å²) in [6, 6.07) is 2.74. The highest BCUT2D eigenvalue weighted by Crippen LogP contribution is 2.35. The lowest BCUT2D eigenvalue weighted by atomic mass is 9.88. The molecule has 0 spiro atoms. The van der Waals surface area contributed by atoms with Crippen molar-refractivity contribution in [2.24, 2.45) is 0 Å². The molecule has 1 unspecified atom stereocenters. The van der Waals surface area contributed by atoms with E-state index in [1.807, 2.05) is 0 Å². The minimum atomic E-state index is -1.05. The molecule has 7 nitrogen and oxygen atoms in total. The molecule has 2 aliphatic rings. The van der Waals surface area contributed by atoms with Gasteiger partial charge < -0.3 is 15.0 Å². The van der Waals surface area contributed by atoms with Crippen molar-refractivity contribution in [1.82, 2.24) is 15.5 Å². The Balaban J connectivity index is 1.55. The fourth-order valence-electron chi connectivity index (χ4n) is 3.70. The first-order valence-corrected chi connectivity index (χ1v) is 9.55. The zero-order valence-electron chi connectivity index (χ0n) is 15.8. The van der Waals surface area contributed by atoms with Gasteiger partial charge in [0.15, 0.2) is 11.6 Å². The van der Waals surface area contributed by atoms with Crippen molar-refractivity contribution in [3.05, 3.63) is 28.5 Å². The third-order valence-corrected chi connectivity index (χ3v) is 5.79. The van der Waals surface area contributed by atoms with Gasteiger partial charge in [-0.3, -0.25) is 14.9 Å². The second-order valence-corrected chi connectivity index (χ2v) is 7.82. The molecule has 3 rings (SSSR count). The summed E-state index contributed by atoms with van der Waals surface area (Å²) in [6.07, 6.45) is 1.87. The number of imide groups is 1. The van der Waals surface area contributed by atoms with Crippen LogP contribution in [0.3, 0.4) is 0 Å². The van der Waals surface area contributed by atoms with Crippen molar-refractivity contribution >= 4 is 29.4 Å². The number of nitrogens with zero attached hydrogens (tertiary/aromatic N) is 1. The third-order valence-electron chi connectivity index (χ3n) is 5.51. The minimum Gasteiger partial charge on any atom is -0.494 e. The number of ether oxygens (including phenoxy) is 1. The first kappa shape index (κ1) is 20.4. The topological polar surface area (TPSA) is 87.7 Å². The number of halogens is 2. The quantitative estimate of drug-likeness (QED) is 0.729. The summed E-state index contributed by atoms with van der Waals surface area (Å²) >= 11 is 5.95. The molecular weight excluding hydrogens is 389 g/mol. The van der Waals surface area contributed by atoms with E-state index in [0.29, 0.717) is 13.1 Å². The van der Waals surface area contributed by atoms with Gasteiger partial charge in [0.2, 0.25) is 5.91 Å². The van der Waals surface area contributed by atoms with Crippen LogP contribution in [0, 0.1) is 5.82 Å². The summed E-state index contributed by atoms with van der Waals surface area (Å²) < 4.78 is 18.9. The summed E-state index contributed by atoms with van der Waals surface area (Å²) in [7, 11) is 1.40. The van der Waals surface area contributed by atoms with E-state index in [4.69, 9.17) is 16.3 Å². The van der Waals surface area contributed by atoms with Crippen molar-refractivity contribution in [1.29, 1.82) is 0 Å². The van der Waals surface area contributed by atoms with Gasteiger partial charge in [-0.15, -0.1) is 0 Å². The Morgan fingerprint density at radius 2 is 2.04 bits per heavy atom. The third kappa shape index (κ3) is 4.06. The van der Waals surface area contributed by atoms with Crippen LogP contribution in [0.4, 0.5) is 9.18 Å². The van der Waals surface area contributed by atoms with E-state index in [2.05, 4.69) is 10.6 Å². The molecule has 0 saturated carbocycles. The van der Waals surface area contributed by atoms with Crippen LogP contribution in [0.15, 0.2) is 12.1 Å². The minimum absolute atomic E-state index is 0.0259. The molecule has 4 amide bonds. The van der Waals surface area contributed by atoms with E-state index in [0.717, 1.165) is 18.4 Å². The number of carbonyl (C=O) groups excluding carboxylic acids is 3. The monoisotopic (exact) mass is 411 g/mol. The van der Waals surface area contributed by atoms with Crippen LogP contribution >= 0.6 is 11.6 Å². The highest BCUT2D eigenvalue weighted by molar-refractivity contribution is 6.31. The van der Waals surface area contributed by atoms with Gasteiger partial charge >= 0.3 is 6.03 Å². The Bertz CT molecular complexity index is 811. The van der Waals surface area contributed by atoms with Crippen LogP contribution in [0.2, 0.25) is 5.02 Å². The highest BCUT2D eigenvalue weighted by atomic mass is 35.5. The normalized spacial score (nSPS) is 22.8. The maximum absolute atomic E-state index is 13.8. The first-order chi connectivity index (χ1) is 13.2. The summed E-state index contributed by atoms with van der Waals surface area (Å²) in [6.45, 7) is 2.74. The van der Waals surface area contributed by atoms with E-state index in [1.165, 1.54) is 7.11 Å². The molecule has 2 N–H and O–H groups in total. The molecule has 0 aliphatic carbocycles. The molecule has 0 bridgehead atoms. The largest absolute Gasteiger partial charge is 0.494 e. The molecular formula is C19H23ClFN3O4. The number of rotatable bonds is 5. The summed E-state index contributed by atoms with van der Waals surface area (Å²) in [5, 5.41) is 4.78. The van der Waals surface area contributed by atoms with Gasteiger partial charge in [-0.25, -0.2) is 9.18 Å². The van der Waals surface area contributed by atoms with E-state index < -0.39 is 23.3 Å². The van der Waals surface area contributed by atoms with Crippen LogP contribution in [-0.4, -0.2) is 48.5 Å². The SMILES string of the molecule is COc1cc(C2CCN(C(=O)CCC3(C)NC(=O)NC3=O)CC2)cc(Cl)c1F. The lowest BCUT2D eigenvalue weighted by Gasteiger charge is -2.33. The van der Waals surface area contributed by atoms with E-state index >= 15 is 0 Å². The van der Waals surface area contributed by atoms with Gasteiger partial charge in [0.25, 0.3) is 5.91 Å². The van der Waals surface area contributed by atoms with Crippen LogP contribution in [-0.2, 0) is 9.59 Å². The molecule has 0 aromatic heterocycles. The standard InChI is InChI=1S/C19H23ClFN3O4/c1-19(17(26)22-18(27)23-19)6-3-15(25)24-7-4-11(5-8-24)12-9-13(20)16(21)14(10-12)28-2/h9-11H,3-8H2,1-2H3,(H2,22,23,26,27). The number of carbonyl (C=O) groups is 3. The first-order valence-electron chi connectivity index (χ1n) is 9.18. The summed E-state index contributed by atoms with van der Waals surface area (Å²) in [5.74, 6) is -0.758. The number of amides is 4. The van der Waals surface area contributed by atoms with Gasteiger partial charge in [0, 0.05) is 19.5 Å². The van der Waals surface area contributed by atoms with E-state index in [9.17, 15) is 18.8 Å². The van der Waals surface area contributed by atoms with Crippen molar-refractivity contribution in [3.63, 3.8) is 0 Å². The highest BCUT2D eigenvalue weighted by Gasteiger charge is 2.42. The number of benzene rings is 1. The molecule has 9 heteroatoms. The fraction of sp³-hybridized carbons (Fsp3) is 0.526. The molecule has 152 valence electrons. The molecule has 0 radical (unpaired) electrons. The lowest BCUT2D eigenvalue weighted by molar-refractivity contribution is -0.133. The van der Waals surface area contributed by atoms with Gasteiger partial charge in [0.1, 0.15) is 5.54 Å². The van der Waals surface area contributed by atoms with Crippen LogP contribution < -0.4 is 15.4 Å². The van der Waals surface area contributed by atoms with Crippen molar-refractivity contribution in [3.8, 4) is 5.75 Å². The Kier molecular flexibility index (Phi) is 5.79. The second kappa shape index (κ2) is 7.95. The van der Waals surface area contributed by atoms with Crippen molar-refractivity contribution in [2.45, 2.75) is 44.1 Å². The molecule has 2 fully saturated rings. The van der Waals surface area contributed by atoms with Crippen LogP contribution in [0.25, 0.3) is 0 Å². The van der Waals surface area contributed by atoms with Crippen LogP contribution in [0.5, 0.6) is 5.75 Å². The number of urea groups is 1. The average Bonchev–Trinajstić information content (AvgIpc) is 2.94. The van der Waals surface area contributed by atoms with Gasteiger partial charge in [-0.2, -0.15) is 0 Å². The van der Waals surface area contributed by atoms with Crippen molar-refractivity contribution < 1.29 is 23.5 Å². The number of hydrogen-bond donors (Lipinski definition) is 2. The second-order valence-electron chi connectivity index (χ2n) is 7.41. The molecule has 1 aromatic rings. The van der Waals surface area contributed by atoms with E-state index in [-0.39, 0.29) is 35.4 Å². The zero-order valence-corrected chi connectivity index (χ0v) is 16.6. The number of piperidine rings is 1. The number of methoxy groups -OCH3 is 1. The molecule has 2 aliphatic heterocycles. The molecule has 1 aromatic carbocycles. The Labute approximate surface area is 167 Å². The molecule has 28 heavy (non-hydrogen) atoms.